The Labute approximate surface area is 160 Å². The number of amides is 2. The van der Waals surface area contributed by atoms with Gasteiger partial charge in [-0.15, -0.1) is 0 Å². The first kappa shape index (κ1) is 19.2. The van der Waals surface area contributed by atoms with E-state index in [9.17, 15) is 9.59 Å². The van der Waals surface area contributed by atoms with Crippen LogP contribution in [-0.2, 0) is 4.79 Å². The largest absolute Gasteiger partial charge is 0.459 e. The van der Waals surface area contributed by atoms with Crippen molar-refractivity contribution < 1.29 is 14.0 Å². The average molecular weight is 368 g/mol. The van der Waals surface area contributed by atoms with Gasteiger partial charge in [0.1, 0.15) is 0 Å². The highest BCUT2D eigenvalue weighted by Crippen LogP contribution is 2.34. The predicted molar refractivity (Wildman–Crippen MR) is 104 cm³/mol. The maximum atomic E-state index is 12.5. The normalized spacial score (nSPS) is 15.9. The summed E-state index contributed by atoms with van der Waals surface area (Å²) in [6.07, 6.45) is 8.57. The molecule has 1 saturated carbocycles. The Morgan fingerprint density at radius 3 is 2.52 bits per heavy atom. The third-order valence-corrected chi connectivity index (χ3v) is 5.21. The van der Waals surface area contributed by atoms with Crippen molar-refractivity contribution in [2.24, 2.45) is 5.92 Å². The van der Waals surface area contributed by atoms with E-state index >= 15 is 0 Å². The topological polar surface area (TPSA) is 71.3 Å². The third-order valence-electron chi connectivity index (χ3n) is 5.21. The molecule has 1 aromatic carbocycles. The molecular formula is C22H28N2O3. The van der Waals surface area contributed by atoms with Gasteiger partial charge in [0.2, 0.25) is 5.91 Å². The van der Waals surface area contributed by atoms with Crippen LogP contribution in [0.2, 0.25) is 0 Å². The van der Waals surface area contributed by atoms with E-state index in [1.54, 1.807) is 12.1 Å². The lowest BCUT2D eigenvalue weighted by Crippen LogP contribution is -2.35. The summed E-state index contributed by atoms with van der Waals surface area (Å²) in [6.45, 7) is 0.451. The van der Waals surface area contributed by atoms with E-state index in [0.717, 1.165) is 0 Å². The molecule has 0 unspecified atom stereocenters. The van der Waals surface area contributed by atoms with Crippen molar-refractivity contribution in [1.82, 2.24) is 10.6 Å². The Hall–Kier alpha value is -2.56. The van der Waals surface area contributed by atoms with Crippen molar-refractivity contribution in [3.63, 3.8) is 0 Å². The second kappa shape index (κ2) is 9.95. The Morgan fingerprint density at radius 1 is 1.04 bits per heavy atom. The smallest absolute Gasteiger partial charge is 0.286 e. The zero-order valence-electron chi connectivity index (χ0n) is 15.7. The Balaban J connectivity index is 1.48. The molecule has 1 heterocycles. The number of nitrogens with one attached hydrogen (secondary N) is 2. The number of benzene rings is 1. The zero-order valence-corrected chi connectivity index (χ0v) is 15.7. The quantitative estimate of drug-likeness (QED) is 0.685. The van der Waals surface area contributed by atoms with E-state index < -0.39 is 0 Å². The molecule has 2 aromatic rings. The van der Waals surface area contributed by atoms with Crippen LogP contribution in [0.3, 0.4) is 0 Å². The molecule has 1 aromatic heterocycles. The lowest BCUT2D eigenvalue weighted by Gasteiger charge is -2.31. The Bertz CT molecular complexity index is 706. The van der Waals surface area contributed by atoms with Gasteiger partial charge in [-0.2, -0.15) is 0 Å². The first-order valence-electron chi connectivity index (χ1n) is 9.90. The van der Waals surface area contributed by atoms with E-state index in [2.05, 4.69) is 22.8 Å². The summed E-state index contributed by atoms with van der Waals surface area (Å²) in [5, 5.41) is 6.02. The minimum atomic E-state index is -0.246. The minimum Gasteiger partial charge on any atom is -0.459 e. The summed E-state index contributed by atoms with van der Waals surface area (Å²) >= 11 is 0. The van der Waals surface area contributed by atoms with Gasteiger partial charge in [-0.05, 0) is 42.9 Å². The fourth-order valence-corrected chi connectivity index (χ4v) is 3.79. The predicted octanol–water partition coefficient (Wildman–Crippen LogP) is 4.23. The SMILES string of the molecule is O=C(CCCNC(=O)c1ccco1)N[C@@H](c1ccccc1)C1CCCCC1. The molecule has 27 heavy (non-hydrogen) atoms. The molecule has 0 bridgehead atoms. The molecule has 144 valence electrons. The lowest BCUT2D eigenvalue weighted by molar-refractivity contribution is -0.122. The number of hydrogen-bond donors (Lipinski definition) is 2. The monoisotopic (exact) mass is 368 g/mol. The van der Waals surface area contributed by atoms with E-state index in [-0.39, 0.29) is 17.9 Å². The van der Waals surface area contributed by atoms with Crippen molar-refractivity contribution in [2.75, 3.05) is 6.54 Å². The summed E-state index contributed by atoms with van der Waals surface area (Å²) in [4.78, 5) is 24.3. The number of rotatable bonds is 8. The van der Waals surface area contributed by atoms with Crippen LogP contribution < -0.4 is 10.6 Å². The first-order valence-corrected chi connectivity index (χ1v) is 9.90. The standard InChI is InChI=1S/C22H28N2O3/c25-20(14-7-15-23-22(26)19-13-8-16-27-19)24-21(17-9-3-1-4-10-17)18-11-5-2-6-12-18/h1,3-4,8-10,13,16,18,21H,2,5-7,11-12,14-15H2,(H,23,26)(H,24,25)/t21-/m0/s1. The van der Waals surface area contributed by atoms with E-state index in [1.807, 2.05) is 18.2 Å². The highest BCUT2D eigenvalue weighted by molar-refractivity contribution is 5.91. The van der Waals surface area contributed by atoms with Crippen LogP contribution >= 0.6 is 0 Å². The van der Waals surface area contributed by atoms with Gasteiger partial charge in [0, 0.05) is 13.0 Å². The van der Waals surface area contributed by atoms with Gasteiger partial charge >= 0.3 is 0 Å². The molecule has 2 amide bonds. The van der Waals surface area contributed by atoms with Crippen LogP contribution in [-0.4, -0.2) is 18.4 Å². The molecule has 5 nitrogen and oxygen atoms in total. The summed E-state index contributed by atoms with van der Waals surface area (Å²) in [5.74, 6) is 0.594. The fraction of sp³-hybridized carbons (Fsp3) is 0.455. The van der Waals surface area contributed by atoms with E-state index in [0.29, 0.717) is 31.1 Å². The second-order valence-corrected chi connectivity index (χ2v) is 7.19. The molecule has 5 heteroatoms. The van der Waals surface area contributed by atoms with Gasteiger partial charge in [0.25, 0.3) is 5.91 Å². The van der Waals surface area contributed by atoms with Crippen LogP contribution in [0.4, 0.5) is 0 Å². The molecule has 1 fully saturated rings. The fourth-order valence-electron chi connectivity index (χ4n) is 3.79. The molecular weight excluding hydrogens is 340 g/mol. The second-order valence-electron chi connectivity index (χ2n) is 7.19. The molecule has 0 aliphatic heterocycles. The Kier molecular flexibility index (Phi) is 7.08. The van der Waals surface area contributed by atoms with Gasteiger partial charge < -0.3 is 15.1 Å². The van der Waals surface area contributed by atoms with Crippen molar-refractivity contribution in [2.45, 2.75) is 51.0 Å². The van der Waals surface area contributed by atoms with Crippen LogP contribution in [0.1, 0.15) is 67.1 Å². The van der Waals surface area contributed by atoms with Gasteiger partial charge in [-0.3, -0.25) is 9.59 Å². The van der Waals surface area contributed by atoms with Gasteiger partial charge in [-0.1, -0.05) is 49.6 Å². The average Bonchev–Trinajstić information content (AvgIpc) is 3.25. The summed E-state index contributed by atoms with van der Waals surface area (Å²) in [6, 6.07) is 13.6. The number of carbonyl (C=O) groups is 2. The molecule has 0 radical (unpaired) electrons. The number of furan rings is 1. The maximum Gasteiger partial charge on any atom is 0.286 e. The molecule has 3 rings (SSSR count). The van der Waals surface area contributed by atoms with Crippen molar-refractivity contribution >= 4 is 11.8 Å². The molecule has 0 spiro atoms. The first-order chi connectivity index (χ1) is 13.2. The highest BCUT2D eigenvalue weighted by atomic mass is 16.3. The van der Waals surface area contributed by atoms with E-state index in [1.165, 1.54) is 43.9 Å². The third kappa shape index (κ3) is 5.71. The molecule has 0 saturated heterocycles. The zero-order chi connectivity index (χ0) is 18.9. The molecule has 1 aliphatic carbocycles. The van der Waals surface area contributed by atoms with Crippen molar-refractivity contribution in [3.05, 3.63) is 60.1 Å². The summed E-state index contributed by atoms with van der Waals surface area (Å²) in [7, 11) is 0. The van der Waals surface area contributed by atoms with Crippen LogP contribution in [0.5, 0.6) is 0 Å². The minimum absolute atomic E-state index is 0.0432. The highest BCUT2D eigenvalue weighted by Gasteiger charge is 2.26. The van der Waals surface area contributed by atoms with Crippen molar-refractivity contribution in [3.8, 4) is 0 Å². The van der Waals surface area contributed by atoms with E-state index in [4.69, 9.17) is 4.42 Å². The molecule has 1 aliphatic rings. The van der Waals surface area contributed by atoms with Crippen LogP contribution in [0.25, 0.3) is 0 Å². The summed E-state index contributed by atoms with van der Waals surface area (Å²) in [5.41, 5.74) is 1.18. The lowest BCUT2D eigenvalue weighted by atomic mass is 9.81. The number of carbonyl (C=O) groups excluding carboxylic acids is 2. The van der Waals surface area contributed by atoms with Gasteiger partial charge in [-0.25, -0.2) is 0 Å². The molecule has 2 N–H and O–H groups in total. The van der Waals surface area contributed by atoms with Crippen LogP contribution in [0, 0.1) is 5.92 Å². The van der Waals surface area contributed by atoms with Gasteiger partial charge in [0.05, 0.1) is 12.3 Å². The molecule has 1 atom stereocenters. The Morgan fingerprint density at radius 2 is 1.81 bits per heavy atom. The maximum absolute atomic E-state index is 12.5. The number of hydrogen-bond acceptors (Lipinski definition) is 3. The van der Waals surface area contributed by atoms with Gasteiger partial charge in [0.15, 0.2) is 5.76 Å². The van der Waals surface area contributed by atoms with Crippen LogP contribution in [0.15, 0.2) is 53.1 Å². The summed E-state index contributed by atoms with van der Waals surface area (Å²) < 4.78 is 5.05. The van der Waals surface area contributed by atoms with Crippen molar-refractivity contribution in [1.29, 1.82) is 0 Å².